The van der Waals surface area contributed by atoms with Gasteiger partial charge in [0.2, 0.25) is 0 Å². The zero-order valence-electron chi connectivity index (χ0n) is 14.7. The Morgan fingerprint density at radius 2 is 2.12 bits per heavy atom. The van der Waals surface area contributed by atoms with E-state index in [-0.39, 0.29) is 11.9 Å². The van der Waals surface area contributed by atoms with Crippen LogP contribution in [0.5, 0.6) is 11.7 Å². The molecule has 3 saturated heterocycles. The first-order valence-electron chi connectivity index (χ1n) is 8.96. The highest BCUT2D eigenvalue weighted by Crippen LogP contribution is 2.32. The quantitative estimate of drug-likeness (QED) is 0.924. The maximum atomic E-state index is 12.6. The van der Waals surface area contributed by atoms with Crippen LogP contribution in [-0.2, 0) is 0 Å². The molecule has 0 saturated carbocycles. The molecule has 0 radical (unpaired) electrons. The third-order valence-electron chi connectivity index (χ3n) is 5.41. The van der Waals surface area contributed by atoms with Crippen molar-refractivity contribution < 1.29 is 13.9 Å². The third-order valence-corrected chi connectivity index (χ3v) is 5.41. The van der Waals surface area contributed by atoms with Crippen LogP contribution in [0.3, 0.4) is 0 Å². The molecule has 0 spiro atoms. The van der Waals surface area contributed by atoms with E-state index in [1.54, 1.807) is 30.5 Å². The first-order valence-corrected chi connectivity index (χ1v) is 8.96. The van der Waals surface area contributed by atoms with Crippen molar-refractivity contribution in [3.05, 3.63) is 47.7 Å². The van der Waals surface area contributed by atoms with Crippen LogP contribution in [0.15, 0.2) is 41.0 Å². The maximum absolute atomic E-state index is 12.6. The van der Waals surface area contributed by atoms with Gasteiger partial charge in [-0.3, -0.25) is 9.69 Å². The van der Waals surface area contributed by atoms with Crippen molar-refractivity contribution in [3.63, 3.8) is 0 Å². The molecule has 5 nitrogen and oxygen atoms in total. The normalized spacial score (nSPS) is 27.9. The Morgan fingerprint density at radius 3 is 2.72 bits per heavy atom. The van der Waals surface area contributed by atoms with Gasteiger partial charge >= 0.3 is 0 Å². The van der Waals surface area contributed by atoms with Crippen LogP contribution >= 0.6 is 0 Å². The van der Waals surface area contributed by atoms with Crippen LogP contribution in [-0.4, -0.2) is 36.0 Å². The molecule has 3 aliphatic heterocycles. The molecule has 4 unspecified atom stereocenters. The minimum atomic E-state index is -0.00760. The van der Waals surface area contributed by atoms with E-state index in [0.29, 0.717) is 29.2 Å². The SMILES string of the molecule is Cc1coc(Oc2ccc(C(=O)NC3CN4CCC3CC4C)cc2)c1. The van der Waals surface area contributed by atoms with Crippen LogP contribution < -0.4 is 10.1 Å². The maximum Gasteiger partial charge on any atom is 0.290 e. The number of aryl methyl sites for hydroxylation is 1. The predicted molar refractivity (Wildman–Crippen MR) is 95.0 cm³/mol. The fraction of sp³-hybridized carbons (Fsp3) is 0.450. The van der Waals surface area contributed by atoms with Gasteiger partial charge in [0.25, 0.3) is 11.9 Å². The molecule has 3 aliphatic rings. The second kappa shape index (κ2) is 6.56. The predicted octanol–water partition coefficient (Wildman–Crippen LogP) is 3.59. The highest BCUT2D eigenvalue weighted by atomic mass is 16.6. The molecule has 1 aromatic carbocycles. The molecule has 5 heteroatoms. The summed E-state index contributed by atoms with van der Waals surface area (Å²) in [4.78, 5) is 15.0. The van der Waals surface area contributed by atoms with Gasteiger partial charge in [-0.25, -0.2) is 0 Å². The molecular formula is C20H24N2O3. The lowest BCUT2D eigenvalue weighted by Gasteiger charge is -2.48. The monoisotopic (exact) mass is 340 g/mol. The number of rotatable bonds is 4. The van der Waals surface area contributed by atoms with E-state index < -0.39 is 0 Å². The van der Waals surface area contributed by atoms with Gasteiger partial charge in [0.1, 0.15) is 5.75 Å². The Hall–Kier alpha value is -2.27. The molecule has 132 valence electrons. The van der Waals surface area contributed by atoms with E-state index in [1.165, 1.54) is 12.8 Å². The van der Waals surface area contributed by atoms with Gasteiger partial charge in [-0.05, 0) is 69.0 Å². The third kappa shape index (κ3) is 3.42. The van der Waals surface area contributed by atoms with Crippen LogP contribution in [0.4, 0.5) is 0 Å². The Balaban J connectivity index is 1.37. The Labute approximate surface area is 148 Å². The molecule has 5 rings (SSSR count). The number of benzene rings is 1. The molecule has 1 amide bonds. The summed E-state index contributed by atoms with van der Waals surface area (Å²) in [6.45, 7) is 6.36. The summed E-state index contributed by atoms with van der Waals surface area (Å²) in [5.41, 5.74) is 1.67. The Morgan fingerprint density at radius 1 is 1.32 bits per heavy atom. The number of ether oxygens (including phenoxy) is 1. The van der Waals surface area contributed by atoms with Crippen LogP contribution in [0.1, 0.15) is 35.7 Å². The molecule has 4 atom stereocenters. The first-order chi connectivity index (χ1) is 12.1. The van der Waals surface area contributed by atoms with Crippen molar-refractivity contribution in [3.8, 4) is 11.7 Å². The number of hydrogen-bond donors (Lipinski definition) is 1. The van der Waals surface area contributed by atoms with Gasteiger partial charge in [-0.15, -0.1) is 0 Å². The zero-order chi connectivity index (χ0) is 17.4. The number of hydrogen-bond acceptors (Lipinski definition) is 4. The highest BCUT2D eigenvalue weighted by Gasteiger charge is 2.38. The lowest BCUT2D eigenvalue weighted by molar-refractivity contribution is 0.0274. The van der Waals surface area contributed by atoms with E-state index in [9.17, 15) is 4.79 Å². The molecule has 3 fully saturated rings. The van der Waals surface area contributed by atoms with Gasteiger partial charge in [0.15, 0.2) is 0 Å². The van der Waals surface area contributed by atoms with E-state index in [4.69, 9.17) is 9.15 Å². The summed E-state index contributed by atoms with van der Waals surface area (Å²) >= 11 is 0. The molecule has 2 aromatic rings. The molecule has 0 aliphatic carbocycles. The fourth-order valence-corrected chi connectivity index (χ4v) is 3.96. The van der Waals surface area contributed by atoms with Crippen LogP contribution in [0.25, 0.3) is 0 Å². The molecular weight excluding hydrogens is 316 g/mol. The van der Waals surface area contributed by atoms with E-state index in [1.807, 2.05) is 13.0 Å². The summed E-state index contributed by atoms with van der Waals surface area (Å²) < 4.78 is 10.9. The fourth-order valence-electron chi connectivity index (χ4n) is 3.96. The van der Waals surface area contributed by atoms with Crippen molar-refractivity contribution in [2.75, 3.05) is 13.1 Å². The minimum absolute atomic E-state index is 0.00760. The summed E-state index contributed by atoms with van der Waals surface area (Å²) in [5.74, 6) is 1.71. The van der Waals surface area contributed by atoms with Gasteiger partial charge in [-0.1, -0.05) is 0 Å². The zero-order valence-corrected chi connectivity index (χ0v) is 14.7. The van der Waals surface area contributed by atoms with Crippen molar-refractivity contribution >= 4 is 5.91 Å². The van der Waals surface area contributed by atoms with Crippen molar-refractivity contribution in [1.29, 1.82) is 0 Å². The largest absolute Gasteiger partial charge is 0.434 e. The second-order valence-corrected chi connectivity index (χ2v) is 7.28. The van der Waals surface area contributed by atoms with E-state index in [0.717, 1.165) is 18.7 Å². The Bertz CT molecular complexity index is 753. The van der Waals surface area contributed by atoms with E-state index in [2.05, 4.69) is 17.1 Å². The Kier molecular flexibility index (Phi) is 4.25. The van der Waals surface area contributed by atoms with Gasteiger partial charge < -0.3 is 14.5 Å². The van der Waals surface area contributed by atoms with Gasteiger partial charge in [0.05, 0.1) is 6.26 Å². The van der Waals surface area contributed by atoms with Crippen LogP contribution in [0.2, 0.25) is 0 Å². The molecule has 2 bridgehead atoms. The summed E-state index contributed by atoms with van der Waals surface area (Å²) in [7, 11) is 0. The number of nitrogens with zero attached hydrogens (tertiary/aromatic N) is 1. The summed E-state index contributed by atoms with van der Waals surface area (Å²) in [6.07, 6.45) is 4.01. The average molecular weight is 340 g/mol. The topological polar surface area (TPSA) is 54.7 Å². The molecule has 4 heterocycles. The standard InChI is InChI=1S/C20H24N2O3/c1-13-9-19(24-12-13)25-17-5-3-15(4-6-17)20(23)21-18-11-22-8-7-16(18)10-14(22)2/h3-6,9,12,14,16,18H,7-8,10-11H2,1-2H3,(H,21,23). The number of furan rings is 1. The van der Waals surface area contributed by atoms with Gasteiger partial charge in [0, 0.05) is 30.3 Å². The highest BCUT2D eigenvalue weighted by molar-refractivity contribution is 5.94. The molecule has 1 N–H and O–H groups in total. The average Bonchev–Trinajstić information content (AvgIpc) is 3.01. The van der Waals surface area contributed by atoms with Gasteiger partial charge in [-0.2, -0.15) is 0 Å². The number of fused-ring (bicyclic) bond motifs is 3. The number of piperidine rings is 3. The molecule has 1 aromatic heterocycles. The number of amides is 1. The number of carbonyl (C=O) groups excluding carboxylic acids is 1. The first kappa shape index (κ1) is 16.2. The number of carbonyl (C=O) groups is 1. The lowest BCUT2D eigenvalue weighted by atomic mass is 9.80. The van der Waals surface area contributed by atoms with Crippen LogP contribution in [0, 0.1) is 12.8 Å². The lowest BCUT2D eigenvalue weighted by Crippen LogP contribution is -2.60. The van der Waals surface area contributed by atoms with Crippen molar-refractivity contribution in [1.82, 2.24) is 10.2 Å². The van der Waals surface area contributed by atoms with E-state index >= 15 is 0 Å². The summed E-state index contributed by atoms with van der Waals surface area (Å²) in [5, 5.41) is 3.22. The van der Waals surface area contributed by atoms with Crippen molar-refractivity contribution in [2.45, 2.75) is 38.8 Å². The second-order valence-electron chi connectivity index (χ2n) is 7.28. The van der Waals surface area contributed by atoms with Crippen molar-refractivity contribution in [2.24, 2.45) is 5.92 Å². The number of nitrogens with one attached hydrogen (secondary N) is 1. The minimum Gasteiger partial charge on any atom is -0.434 e. The smallest absolute Gasteiger partial charge is 0.290 e. The summed E-state index contributed by atoms with van der Waals surface area (Å²) in [6, 6.07) is 9.92. The molecule has 25 heavy (non-hydrogen) atoms.